The predicted octanol–water partition coefficient (Wildman–Crippen LogP) is 2.28. The molecule has 1 aliphatic rings. The first-order chi connectivity index (χ1) is 7.67. The van der Waals surface area contributed by atoms with Gasteiger partial charge in [0, 0.05) is 0 Å². The van der Waals surface area contributed by atoms with Gasteiger partial charge in [-0.05, 0) is 36.5 Å². The van der Waals surface area contributed by atoms with Gasteiger partial charge in [0.05, 0.1) is 19.8 Å². The Balaban J connectivity index is 2.53. The molecule has 1 aromatic carbocycles. The van der Waals surface area contributed by atoms with Crippen LogP contribution >= 0.6 is 0 Å². The second kappa shape index (κ2) is 4.04. The van der Waals surface area contributed by atoms with E-state index in [4.69, 9.17) is 14.6 Å². The maximum absolute atomic E-state index is 11.1. The zero-order chi connectivity index (χ0) is 11.7. The maximum atomic E-state index is 11.1. The van der Waals surface area contributed by atoms with Gasteiger partial charge in [-0.3, -0.25) is 0 Å². The van der Waals surface area contributed by atoms with Crippen molar-refractivity contribution in [2.75, 3.05) is 14.2 Å². The van der Waals surface area contributed by atoms with E-state index in [-0.39, 0.29) is 0 Å². The molecule has 0 aromatic heterocycles. The van der Waals surface area contributed by atoms with E-state index >= 15 is 0 Å². The molecule has 1 fully saturated rings. The number of rotatable bonds is 4. The molecule has 1 saturated carbocycles. The highest BCUT2D eigenvalue weighted by atomic mass is 16.5. The Hall–Kier alpha value is -1.71. The van der Waals surface area contributed by atoms with E-state index in [1.54, 1.807) is 13.2 Å². The summed E-state index contributed by atoms with van der Waals surface area (Å²) in [6.45, 7) is 0. The largest absolute Gasteiger partial charge is 0.493 e. The maximum Gasteiger partial charge on any atom is 0.336 e. The minimum atomic E-state index is -0.914. The Morgan fingerprint density at radius 1 is 1.25 bits per heavy atom. The summed E-state index contributed by atoms with van der Waals surface area (Å²) in [7, 11) is 3.05. The van der Waals surface area contributed by atoms with Crippen molar-refractivity contribution in [3.63, 3.8) is 0 Å². The standard InChI is InChI=1S/C12H14O4/c1-15-10-5-8(7-3-4-7)9(12(13)14)6-11(10)16-2/h5-7H,3-4H2,1-2H3,(H,13,14). The molecule has 2 rings (SSSR count). The summed E-state index contributed by atoms with van der Waals surface area (Å²) in [6, 6.07) is 3.31. The van der Waals surface area contributed by atoms with Gasteiger partial charge in [-0.1, -0.05) is 0 Å². The highest BCUT2D eigenvalue weighted by molar-refractivity contribution is 5.91. The topological polar surface area (TPSA) is 55.8 Å². The smallest absolute Gasteiger partial charge is 0.336 e. The molecule has 0 aliphatic heterocycles. The molecule has 0 amide bonds. The summed E-state index contributed by atoms with van der Waals surface area (Å²) in [4.78, 5) is 11.1. The summed E-state index contributed by atoms with van der Waals surface area (Å²) in [5, 5.41) is 9.13. The number of carbonyl (C=O) groups is 1. The van der Waals surface area contributed by atoms with Crippen LogP contribution in [0.1, 0.15) is 34.7 Å². The number of benzene rings is 1. The molecule has 0 radical (unpaired) electrons. The lowest BCUT2D eigenvalue weighted by Gasteiger charge is -2.12. The molecular weight excluding hydrogens is 208 g/mol. The number of hydrogen-bond donors (Lipinski definition) is 1. The van der Waals surface area contributed by atoms with Crippen LogP contribution in [0.15, 0.2) is 12.1 Å². The van der Waals surface area contributed by atoms with Gasteiger partial charge in [-0.15, -0.1) is 0 Å². The van der Waals surface area contributed by atoms with Gasteiger partial charge in [-0.25, -0.2) is 4.79 Å². The molecular formula is C12H14O4. The zero-order valence-corrected chi connectivity index (χ0v) is 9.32. The summed E-state index contributed by atoms with van der Waals surface area (Å²) >= 11 is 0. The van der Waals surface area contributed by atoms with Gasteiger partial charge in [0.25, 0.3) is 0 Å². The molecule has 0 bridgehead atoms. The highest BCUT2D eigenvalue weighted by Crippen LogP contribution is 2.45. The fraction of sp³-hybridized carbons (Fsp3) is 0.417. The van der Waals surface area contributed by atoms with Crippen LogP contribution in [0, 0.1) is 0 Å². The molecule has 4 heteroatoms. The predicted molar refractivity (Wildman–Crippen MR) is 58.5 cm³/mol. The summed E-state index contributed by atoms with van der Waals surface area (Å²) < 4.78 is 10.3. The number of methoxy groups -OCH3 is 2. The van der Waals surface area contributed by atoms with E-state index in [1.165, 1.54) is 13.2 Å². The molecule has 1 aromatic rings. The third-order valence-corrected chi connectivity index (χ3v) is 2.80. The van der Waals surface area contributed by atoms with E-state index in [9.17, 15) is 4.79 Å². The zero-order valence-electron chi connectivity index (χ0n) is 9.32. The van der Waals surface area contributed by atoms with Crippen molar-refractivity contribution in [3.8, 4) is 11.5 Å². The second-order valence-corrected chi connectivity index (χ2v) is 3.87. The number of aromatic carboxylic acids is 1. The normalized spacial score (nSPS) is 14.6. The molecule has 0 heterocycles. The average molecular weight is 222 g/mol. The van der Waals surface area contributed by atoms with Gasteiger partial charge >= 0.3 is 5.97 Å². The minimum absolute atomic E-state index is 0.320. The van der Waals surface area contributed by atoms with Crippen LogP contribution in [0.4, 0.5) is 0 Å². The van der Waals surface area contributed by atoms with Gasteiger partial charge in [0.2, 0.25) is 0 Å². The summed E-state index contributed by atoms with van der Waals surface area (Å²) in [5.74, 6) is 0.507. The number of hydrogen-bond acceptors (Lipinski definition) is 3. The van der Waals surface area contributed by atoms with Crippen molar-refractivity contribution < 1.29 is 19.4 Å². The highest BCUT2D eigenvalue weighted by Gasteiger charge is 2.29. The van der Waals surface area contributed by atoms with Crippen LogP contribution in [0.25, 0.3) is 0 Å². The summed E-state index contributed by atoms with van der Waals surface area (Å²) in [6.07, 6.45) is 2.10. The van der Waals surface area contributed by atoms with Crippen molar-refractivity contribution in [3.05, 3.63) is 23.3 Å². The Morgan fingerprint density at radius 2 is 1.81 bits per heavy atom. The fourth-order valence-electron chi connectivity index (χ4n) is 1.81. The van der Waals surface area contributed by atoms with E-state index < -0.39 is 5.97 Å². The Morgan fingerprint density at radius 3 is 2.25 bits per heavy atom. The monoisotopic (exact) mass is 222 g/mol. The lowest BCUT2D eigenvalue weighted by atomic mass is 10.0. The van der Waals surface area contributed by atoms with Gasteiger partial charge in [-0.2, -0.15) is 0 Å². The van der Waals surface area contributed by atoms with E-state index in [2.05, 4.69) is 0 Å². The van der Waals surface area contributed by atoms with Crippen LogP contribution in [0.5, 0.6) is 11.5 Å². The van der Waals surface area contributed by atoms with Crippen molar-refractivity contribution in [1.29, 1.82) is 0 Å². The SMILES string of the molecule is COc1cc(C(=O)O)c(C2CC2)cc1OC. The molecule has 0 atom stereocenters. The lowest BCUT2D eigenvalue weighted by Crippen LogP contribution is -2.03. The molecule has 1 aliphatic carbocycles. The molecule has 86 valence electrons. The van der Waals surface area contributed by atoms with Crippen molar-refractivity contribution in [2.45, 2.75) is 18.8 Å². The lowest BCUT2D eigenvalue weighted by molar-refractivity contribution is 0.0695. The first-order valence-electron chi connectivity index (χ1n) is 5.16. The van der Waals surface area contributed by atoms with Crippen molar-refractivity contribution >= 4 is 5.97 Å². The van der Waals surface area contributed by atoms with Gasteiger partial charge in [0.15, 0.2) is 11.5 Å². The van der Waals surface area contributed by atoms with Gasteiger partial charge in [0.1, 0.15) is 0 Å². The second-order valence-electron chi connectivity index (χ2n) is 3.87. The third-order valence-electron chi connectivity index (χ3n) is 2.80. The van der Waals surface area contributed by atoms with Crippen LogP contribution in [0.2, 0.25) is 0 Å². The molecule has 1 N–H and O–H groups in total. The van der Waals surface area contributed by atoms with E-state index in [1.807, 2.05) is 0 Å². The van der Waals surface area contributed by atoms with Crippen LogP contribution in [-0.2, 0) is 0 Å². The molecule has 16 heavy (non-hydrogen) atoms. The number of ether oxygens (including phenoxy) is 2. The van der Waals surface area contributed by atoms with Gasteiger partial charge < -0.3 is 14.6 Å². The van der Waals surface area contributed by atoms with Crippen molar-refractivity contribution in [1.82, 2.24) is 0 Å². The van der Waals surface area contributed by atoms with E-state index in [0.717, 1.165) is 18.4 Å². The fourth-order valence-corrected chi connectivity index (χ4v) is 1.81. The number of carboxylic acid groups (broad SMARTS) is 1. The van der Waals surface area contributed by atoms with Crippen LogP contribution in [0.3, 0.4) is 0 Å². The first kappa shape index (κ1) is 10.8. The molecule has 0 unspecified atom stereocenters. The molecule has 0 saturated heterocycles. The van der Waals surface area contributed by atoms with Crippen LogP contribution in [-0.4, -0.2) is 25.3 Å². The average Bonchev–Trinajstić information content (AvgIpc) is 3.10. The Kier molecular flexibility index (Phi) is 2.73. The quantitative estimate of drug-likeness (QED) is 0.849. The molecule has 0 spiro atoms. The van der Waals surface area contributed by atoms with Crippen molar-refractivity contribution in [2.24, 2.45) is 0 Å². The summed E-state index contributed by atoms with van der Waals surface area (Å²) in [5.41, 5.74) is 1.17. The third kappa shape index (κ3) is 1.83. The Labute approximate surface area is 93.8 Å². The first-order valence-corrected chi connectivity index (χ1v) is 5.16. The Bertz CT molecular complexity index is 421. The number of carboxylic acids is 1. The minimum Gasteiger partial charge on any atom is -0.493 e. The molecule has 4 nitrogen and oxygen atoms in total. The van der Waals surface area contributed by atoms with Crippen LogP contribution < -0.4 is 9.47 Å². The van der Waals surface area contributed by atoms with E-state index in [0.29, 0.717) is 23.0 Å².